The molecule has 3 N–H and O–H groups in total. The van der Waals surface area contributed by atoms with Crippen LogP contribution in [0.1, 0.15) is 30.6 Å². The summed E-state index contributed by atoms with van der Waals surface area (Å²) < 4.78 is 0. The number of hydrogen-bond acceptors (Lipinski definition) is 3. The summed E-state index contributed by atoms with van der Waals surface area (Å²) in [7, 11) is 0. The van der Waals surface area contributed by atoms with Gasteiger partial charge in [0.15, 0.2) is 0 Å². The van der Waals surface area contributed by atoms with Crippen molar-refractivity contribution in [2.24, 2.45) is 5.92 Å². The normalized spacial score (nSPS) is 12.0. The van der Waals surface area contributed by atoms with Crippen molar-refractivity contribution in [3.63, 3.8) is 0 Å². The molecular formula is C15H22N2O3. The summed E-state index contributed by atoms with van der Waals surface area (Å²) in [6.07, 6.45) is 0.503. The van der Waals surface area contributed by atoms with Crippen LogP contribution in [0.2, 0.25) is 0 Å². The molecule has 5 nitrogen and oxygen atoms in total. The van der Waals surface area contributed by atoms with Gasteiger partial charge in [-0.2, -0.15) is 0 Å². The summed E-state index contributed by atoms with van der Waals surface area (Å²) in [5.41, 5.74) is 0.529. The molecule has 0 aliphatic carbocycles. The topological polar surface area (TPSA) is 78.4 Å². The molecule has 0 radical (unpaired) electrons. The largest absolute Gasteiger partial charge is 0.396 e. The van der Waals surface area contributed by atoms with Gasteiger partial charge in [0.1, 0.15) is 6.04 Å². The summed E-state index contributed by atoms with van der Waals surface area (Å²) in [6, 6.07) is 8.22. The van der Waals surface area contributed by atoms with Crippen LogP contribution in [0.15, 0.2) is 30.3 Å². The quantitative estimate of drug-likeness (QED) is 0.650. The minimum Gasteiger partial charge on any atom is -0.396 e. The van der Waals surface area contributed by atoms with E-state index in [-0.39, 0.29) is 24.3 Å². The number of amides is 2. The van der Waals surface area contributed by atoms with Gasteiger partial charge in [-0.15, -0.1) is 0 Å². The third-order valence-electron chi connectivity index (χ3n) is 2.91. The molecule has 110 valence electrons. The lowest BCUT2D eigenvalue weighted by Crippen LogP contribution is -2.49. The summed E-state index contributed by atoms with van der Waals surface area (Å²) in [5, 5.41) is 14.2. The summed E-state index contributed by atoms with van der Waals surface area (Å²) >= 11 is 0. The lowest BCUT2D eigenvalue weighted by Gasteiger charge is -2.21. The van der Waals surface area contributed by atoms with Crippen molar-refractivity contribution in [2.45, 2.75) is 26.3 Å². The summed E-state index contributed by atoms with van der Waals surface area (Å²) in [4.78, 5) is 24.1. The molecule has 0 saturated carbocycles. The molecule has 1 rings (SSSR count). The first-order valence-electron chi connectivity index (χ1n) is 6.80. The van der Waals surface area contributed by atoms with Crippen LogP contribution in [-0.4, -0.2) is 36.1 Å². The first-order chi connectivity index (χ1) is 9.56. The zero-order valence-electron chi connectivity index (χ0n) is 11.9. The molecule has 1 aromatic rings. The maximum Gasteiger partial charge on any atom is 0.251 e. The third kappa shape index (κ3) is 5.01. The number of hydrogen-bond donors (Lipinski definition) is 3. The van der Waals surface area contributed by atoms with Gasteiger partial charge in [0.25, 0.3) is 5.91 Å². The summed E-state index contributed by atoms with van der Waals surface area (Å²) in [6.45, 7) is 4.19. The van der Waals surface area contributed by atoms with E-state index < -0.39 is 6.04 Å². The Kier molecular flexibility index (Phi) is 6.73. The number of rotatable bonds is 7. The van der Waals surface area contributed by atoms with Crippen LogP contribution in [-0.2, 0) is 4.79 Å². The monoisotopic (exact) mass is 278 g/mol. The van der Waals surface area contributed by atoms with E-state index in [4.69, 9.17) is 5.11 Å². The van der Waals surface area contributed by atoms with Crippen LogP contribution in [0, 0.1) is 5.92 Å². The molecule has 2 amide bonds. The lowest BCUT2D eigenvalue weighted by molar-refractivity contribution is -0.123. The third-order valence-corrected chi connectivity index (χ3v) is 2.91. The van der Waals surface area contributed by atoms with Gasteiger partial charge >= 0.3 is 0 Å². The van der Waals surface area contributed by atoms with Crippen LogP contribution < -0.4 is 10.6 Å². The average molecular weight is 278 g/mol. The predicted octanol–water partition coefficient (Wildman–Crippen LogP) is 0.940. The Hall–Kier alpha value is -1.88. The second-order valence-corrected chi connectivity index (χ2v) is 4.93. The van der Waals surface area contributed by atoms with Crippen LogP contribution in [0.4, 0.5) is 0 Å². The van der Waals surface area contributed by atoms with Gasteiger partial charge in [-0.05, 0) is 24.5 Å². The molecule has 0 heterocycles. The van der Waals surface area contributed by atoms with E-state index in [1.807, 2.05) is 19.9 Å². The van der Waals surface area contributed by atoms with Gasteiger partial charge in [-0.1, -0.05) is 32.0 Å². The van der Waals surface area contributed by atoms with Crippen LogP contribution >= 0.6 is 0 Å². The van der Waals surface area contributed by atoms with Crippen molar-refractivity contribution in [1.82, 2.24) is 10.6 Å². The van der Waals surface area contributed by atoms with E-state index in [0.29, 0.717) is 18.5 Å². The minimum atomic E-state index is -0.582. The fourth-order valence-corrected chi connectivity index (χ4v) is 1.75. The van der Waals surface area contributed by atoms with Crippen molar-refractivity contribution >= 4 is 11.8 Å². The number of aliphatic hydroxyl groups excluding tert-OH is 1. The summed E-state index contributed by atoms with van der Waals surface area (Å²) in [5.74, 6) is -0.504. The molecule has 0 bridgehead atoms. The second kappa shape index (κ2) is 8.32. The maximum atomic E-state index is 12.1. The van der Waals surface area contributed by atoms with Gasteiger partial charge in [0.05, 0.1) is 0 Å². The zero-order valence-corrected chi connectivity index (χ0v) is 11.9. The highest BCUT2D eigenvalue weighted by molar-refractivity contribution is 5.97. The Morgan fingerprint density at radius 1 is 1.20 bits per heavy atom. The highest BCUT2D eigenvalue weighted by Crippen LogP contribution is 2.05. The molecule has 0 spiro atoms. The van der Waals surface area contributed by atoms with E-state index >= 15 is 0 Å². The van der Waals surface area contributed by atoms with Gasteiger partial charge < -0.3 is 15.7 Å². The van der Waals surface area contributed by atoms with E-state index in [2.05, 4.69) is 10.6 Å². The highest BCUT2D eigenvalue weighted by Gasteiger charge is 2.24. The van der Waals surface area contributed by atoms with Crippen molar-refractivity contribution < 1.29 is 14.7 Å². The molecule has 0 aliphatic rings. The first-order valence-corrected chi connectivity index (χ1v) is 6.80. The minimum absolute atomic E-state index is 0.0169. The molecule has 0 fully saturated rings. The highest BCUT2D eigenvalue weighted by atomic mass is 16.3. The van der Waals surface area contributed by atoms with Gasteiger partial charge in [0.2, 0.25) is 5.91 Å². The number of carbonyl (C=O) groups is 2. The number of carbonyl (C=O) groups excluding carboxylic acids is 2. The molecule has 0 aliphatic heterocycles. The van der Waals surface area contributed by atoms with Gasteiger partial charge in [-0.25, -0.2) is 0 Å². The van der Waals surface area contributed by atoms with E-state index in [0.717, 1.165) is 0 Å². The van der Waals surface area contributed by atoms with Gasteiger partial charge in [0, 0.05) is 18.7 Å². The van der Waals surface area contributed by atoms with Crippen molar-refractivity contribution in [1.29, 1.82) is 0 Å². The molecule has 1 atom stereocenters. The molecule has 5 heteroatoms. The maximum absolute atomic E-state index is 12.1. The Morgan fingerprint density at radius 3 is 2.40 bits per heavy atom. The Bertz CT molecular complexity index is 432. The number of benzene rings is 1. The van der Waals surface area contributed by atoms with Crippen molar-refractivity contribution in [2.75, 3.05) is 13.2 Å². The second-order valence-electron chi connectivity index (χ2n) is 4.93. The molecule has 0 saturated heterocycles. The van der Waals surface area contributed by atoms with E-state index in [1.54, 1.807) is 24.3 Å². The average Bonchev–Trinajstić information content (AvgIpc) is 2.45. The molecular weight excluding hydrogens is 256 g/mol. The molecule has 1 aromatic carbocycles. The van der Waals surface area contributed by atoms with Crippen molar-refractivity contribution in [3.05, 3.63) is 35.9 Å². The fourth-order valence-electron chi connectivity index (χ4n) is 1.75. The standard InChI is InChI=1S/C15H22N2O3/c1-11(2)13(15(20)16-9-6-10-18)17-14(19)12-7-4-3-5-8-12/h3-5,7-8,11,13,18H,6,9-10H2,1-2H3,(H,16,20)(H,17,19). The van der Waals surface area contributed by atoms with Gasteiger partial charge in [-0.3, -0.25) is 9.59 Å². The number of aliphatic hydroxyl groups is 1. The van der Waals surface area contributed by atoms with Crippen LogP contribution in [0.3, 0.4) is 0 Å². The Labute approximate surface area is 119 Å². The fraction of sp³-hybridized carbons (Fsp3) is 0.467. The molecule has 1 unspecified atom stereocenters. The van der Waals surface area contributed by atoms with E-state index in [1.165, 1.54) is 0 Å². The lowest BCUT2D eigenvalue weighted by atomic mass is 10.0. The van der Waals surface area contributed by atoms with Crippen LogP contribution in [0.5, 0.6) is 0 Å². The first kappa shape index (κ1) is 16.2. The van der Waals surface area contributed by atoms with Crippen LogP contribution in [0.25, 0.3) is 0 Å². The molecule has 20 heavy (non-hydrogen) atoms. The predicted molar refractivity (Wildman–Crippen MR) is 77.2 cm³/mol. The van der Waals surface area contributed by atoms with E-state index in [9.17, 15) is 9.59 Å². The van der Waals surface area contributed by atoms with Crippen molar-refractivity contribution in [3.8, 4) is 0 Å². The smallest absolute Gasteiger partial charge is 0.251 e. The number of nitrogens with one attached hydrogen (secondary N) is 2. The SMILES string of the molecule is CC(C)C(NC(=O)c1ccccc1)C(=O)NCCCO. The molecule has 0 aromatic heterocycles. The Morgan fingerprint density at radius 2 is 1.85 bits per heavy atom. The zero-order chi connectivity index (χ0) is 15.0. The Balaban J connectivity index is 2.63.